The van der Waals surface area contributed by atoms with Crippen molar-refractivity contribution in [1.82, 2.24) is 0 Å². The molecule has 0 bridgehead atoms. The first-order valence-electron chi connectivity index (χ1n) is 3.42. The van der Waals surface area contributed by atoms with Gasteiger partial charge in [0, 0.05) is 6.42 Å². The summed E-state index contributed by atoms with van der Waals surface area (Å²) in [7, 11) is 0. The van der Waals surface area contributed by atoms with E-state index >= 15 is 0 Å². The van der Waals surface area contributed by atoms with Crippen molar-refractivity contribution in [3.05, 3.63) is 0 Å². The van der Waals surface area contributed by atoms with E-state index in [2.05, 4.69) is 29.3 Å². The molecule has 0 saturated carbocycles. The van der Waals surface area contributed by atoms with Crippen molar-refractivity contribution in [3.63, 3.8) is 0 Å². The molecular weight excluding hydrogens is 146 g/mol. The lowest BCUT2D eigenvalue weighted by molar-refractivity contribution is -0.117. The van der Waals surface area contributed by atoms with E-state index in [1.165, 1.54) is 0 Å². The Morgan fingerprint density at radius 2 is 2.30 bits per heavy atom. The second kappa shape index (κ2) is 6.59. The molecule has 2 nitrogen and oxygen atoms in total. The van der Waals surface area contributed by atoms with Crippen molar-refractivity contribution in [2.75, 3.05) is 0 Å². The highest BCUT2D eigenvalue weighted by molar-refractivity contribution is 7.78. The predicted molar refractivity (Wildman–Crippen MR) is 44.2 cm³/mol. The summed E-state index contributed by atoms with van der Waals surface area (Å²) in [4.78, 5) is 13.9. The second-order valence-corrected chi connectivity index (χ2v) is 2.24. The molecule has 3 heteroatoms. The molecule has 56 valence electrons. The van der Waals surface area contributed by atoms with Crippen LogP contribution in [0.5, 0.6) is 0 Å². The normalized spacial score (nSPS) is 8.50. The van der Waals surface area contributed by atoms with Gasteiger partial charge in [0.15, 0.2) is 0 Å². The van der Waals surface area contributed by atoms with E-state index in [1.807, 2.05) is 0 Å². The van der Waals surface area contributed by atoms with E-state index in [0.29, 0.717) is 6.42 Å². The van der Waals surface area contributed by atoms with E-state index in [4.69, 9.17) is 0 Å². The molecule has 10 heavy (non-hydrogen) atoms. The van der Waals surface area contributed by atoms with Gasteiger partial charge >= 0.3 is 0 Å². The average molecular weight is 157 g/mol. The third-order valence-electron chi connectivity index (χ3n) is 1.16. The maximum atomic E-state index is 10.6. The number of carbonyl (C=O) groups is 1. The number of thiocarbonyl (C=S) groups is 1. The molecule has 0 atom stereocenters. The molecule has 0 spiro atoms. The first-order valence-corrected chi connectivity index (χ1v) is 3.82. The largest absolute Gasteiger partial charge is 0.272 e. The van der Waals surface area contributed by atoms with Crippen molar-refractivity contribution in [3.8, 4) is 0 Å². The van der Waals surface area contributed by atoms with Crippen molar-refractivity contribution >= 4 is 23.3 Å². The molecule has 1 amide bonds. The molecule has 0 aliphatic carbocycles. The summed E-state index contributed by atoms with van der Waals surface area (Å²) in [6.07, 6.45) is 3.63. The Hall–Kier alpha value is -0.530. The van der Waals surface area contributed by atoms with Crippen LogP contribution in [0.15, 0.2) is 4.99 Å². The Kier molecular flexibility index (Phi) is 6.24. The fourth-order valence-electron chi connectivity index (χ4n) is 0.633. The zero-order chi connectivity index (χ0) is 7.82. The maximum absolute atomic E-state index is 10.6. The lowest BCUT2D eigenvalue weighted by atomic mass is 10.2. The number of hydrogen-bond acceptors (Lipinski definition) is 2. The smallest absolute Gasteiger partial charge is 0.254 e. The number of unbranched alkanes of at least 4 members (excludes halogenated alkanes) is 2. The topological polar surface area (TPSA) is 29.4 Å². The molecule has 0 fully saturated rings. The summed E-state index contributed by atoms with van der Waals surface area (Å²) in [6, 6.07) is 0. The molecule has 0 radical (unpaired) electrons. The second-order valence-electron chi connectivity index (χ2n) is 2.05. The Balaban J connectivity index is 3.31. The number of nitrogens with zero attached hydrogens (tertiary/aromatic N) is 1. The van der Waals surface area contributed by atoms with Gasteiger partial charge in [-0.2, -0.15) is 4.99 Å². The SMILES string of the molecule is CCCCCC(=O)N=C=S. The van der Waals surface area contributed by atoms with Crippen LogP contribution < -0.4 is 0 Å². The van der Waals surface area contributed by atoms with E-state index in [0.717, 1.165) is 19.3 Å². The highest BCUT2D eigenvalue weighted by Crippen LogP contribution is 1.99. The molecule has 0 aliphatic rings. The van der Waals surface area contributed by atoms with Crippen LogP contribution in [-0.4, -0.2) is 11.1 Å². The predicted octanol–water partition coefficient (Wildman–Crippen LogP) is 2.20. The Bertz CT molecular complexity index is 150. The lowest BCUT2D eigenvalue weighted by Crippen LogP contribution is -1.90. The number of aliphatic imine (C=N–C) groups is 1. The highest BCUT2D eigenvalue weighted by atomic mass is 32.1. The molecule has 0 aromatic heterocycles. The minimum absolute atomic E-state index is 0.150. The minimum atomic E-state index is -0.150. The summed E-state index contributed by atoms with van der Waals surface area (Å²) in [5.41, 5.74) is 0. The Morgan fingerprint density at radius 3 is 2.80 bits per heavy atom. The van der Waals surface area contributed by atoms with Gasteiger partial charge in [0.25, 0.3) is 5.91 Å². The van der Waals surface area contributed by atoms with Gasteiger partial charge in [-0.25, -0.2) is 0 Å². The van der Waals surface area contributed by atoms with Gasteiger partial charge in [-0.1, -0.05) is 19.8 Å². The number of carbonyl (C=O) groups excluding carboxylic acids is 1. The third kappa shape index (κ3) is 5.60. The minimum Gasteiger partial charge on any atom is -0.272 e. The summed E-state index contributed by atoms with van der Waals surface area (Å²) >= 11 is 4.27. The highest BCUT2D eigenvalue weighted by Gasteiger charge is 1.95. The van der Waals surface area contributed by atoms with Gasteiger partial charge < -0.3 is 0 Å². The van der Waals surface area contributed by atoms with E-state index < -0.39 is 0 Å². The van der Waals surface area contributed by atoms with Gasteiger partial charge in [-0.3, -0.25) is 4.79 Å². The van der Waals surface area contributed by atoms with Crippen LogP contribution in [-0.2, 0) is 4.79 Å². The Morgan fingerprint density at radius 1 is 1.60 bits per heavy atom. The van der Waals surface area contributed by atoms with Crippen LogP contribution in [0.2, 0.25) is 0 Å². The van der Waals surface area contributed by atoms with Crippen LogP contribution in [0.3, 0.4) is 0 Å². The summed E-state index contributed by atoms with van der Waals surface area (Å²) < 4.78 is 0. The van der Waals surface area contributed by atoms with Gasteiger partial charge in [0.2, 0.25) is 0 Å². The summed E-state index contributed by atoms with van der Waals surface area (Å²) in [5.74, 6) is -0.150. The molecule has 0 saturated heterocycles. The van der Waals surface area contributed by atoms with Crippen molar-refractivity contribution in [2.24, 2.45) is 4.99 Å². The van der Waals surface area contributed by atoms with Crippen LogP contribution in [0.25, 0.3) is 0 Å². The molecule has 0 unspecified atom stereocenters. The monoisotopic (exact) mass is 157 g/mol. The number of rotatable bonds is 4. The van der Waals surface area contributed by atoms with Gasteiger partial charge in [0.05, 0.1) is 5.16 Å². The van der Waals surface area contributed by atoms with E-state index in [-0.39, 0.29) is 5.91 Å². The van der Waals surface area contributed by atoms with Crippen LogP contribution in [0.1, 0.15) is 32.6 Å². The van der Waals surface area contributed by atoms with Crippen LogP contribution in [0, 0.1) is 0 Å². The van der Waals surface area contributed by atoms with Crippen LogP contribution in [0.4, 0.5) is 0 Å². The summed E-state index contributed by atoms with van der Waals surface area (Å²) in [6.45, 7) is 2.09. The van der Waals surface area contributed by atoms with Crippen molar-refractivity contribution < 1.29 is 4.79 Å². The van der Waals surface area contributed by atoms with Gasteiger partial charge in [-0.15, -0.1) is 0 Å². The standard InChI is InChI=1S/C7H11NOS/c1-2-3-4-5-7(9)8-6-10/h2-5H2,1H3. The molecule has 0 aromatic carbocycles. The Labute approximate surface area is 66.3 Å². The zero-order valence-corrected chi connectivity index (χ0v) is 6.91. The maximum Gasteiger partial charge on any atom is 0.254 e. The lowest BCUT2D eigenvalue weighted by Gasteiger charge is -1.90. The first-order chi connectivity index (χ1) is 4.81. The van der Waals surface area contributed by atoms with Gasteiger partial charge in [0.1, 0.15) is 0 Å². The number of hydrogen-bond donors (Lipinski definition) is 0. The fourth-order valence-corrected chi connectivity index (χ4v) is 0.735. The van der Waals surface area contributed by atoms with E-state index in [9.17, 15) is 4.79 Å². The number of isothiocyanates is 1. The fraction of sp³-hybridized carbons (Fsp3) is 0.714. The van der Waals surface area contributed by atoms with Gasteiger partial charge in [-0.05, 0) is 18.6 Å². The number of amides is 1. The summed E-state index contributed by atoms with van der Waals surface area (Å²) in [5, 5.41) is 2.05. The molecule has 0 aromatic rings. The van der Waals surface area contributed by atoms with Crippen molar-refractivity contribution in [2.45, 2.75) is 32.6 Å². The molecule has 0 heterocycles. The van der Waals surface area contributed by atoms with E-state index in [1.54, 1.807) is 0 Å². The third-order valence-corrected chi connectivity index (χ3v) is 1.26. The molecular formula is C7H11NOS. The van der Waals surface area contributed by atoms with Crippen molar-refractivity contribution in [1.29, 1.82) is 0 Å². The molecule has 0 rings (SSSR count). The molecule has 0 N–H and O–H groups in total. The molecule has 0 aliphatic heterocycles. The van der Waals surface area contributed by atoms with Crippen LogP contribution >= 0.6 is 12.2 Å². The first kappa shape index (κ1) is 9.47. The average Bonchev–Trinajstić information content (AvgIpc) is 1.89. The zero-order valence-electron chi connectivity index (χ0n) is 6.09. The quantitative estimate of drug-likeness (QED) is 0.355.